The first-order valence-electron chi connectivity index (χ1n) is 8.50. The summed E-state index contributed by atoms with van der Waals surface area (Å²) in [4.78, 5) is 12.4. The molecule has 1 amide bonds. The van der Waals surface area contributed by atoms with E-state index in [1.807, 2.05) is 44.2 Å². The standard InChI is InChI=1S/C19H23ClN2O3S/c1-3-4-12-21-26(24,25)18-13-16(10-11-17(18)20)19(23)22-14(2)15-8-6-5-7-9-15/h5-11,13-14,21H,3-4,12H2,1-2H3,(H,22,23)/t14-/m1/s1. The van der Waals surface area contributed by atoms with Crippen LogP contribution in [0.1, 0.15) is 48.7 Å². The third-order valence-corrected chi connectivity index (χ3v) is 5.90. The summed E-state index contributed by atoms with van der Waals surface area (Å²) in [5, 5.41) is 2.95. The van der Waals surface area contributed by atoms with Crippen LogP contribution in [0.5, 0.6) is 0 Å². The van der Waals surface area contributed by atoms with Crippen LogP contribution in [0.4, 0.5) is 0 Å². The Morgan fingerprint density at radius 1 is 1.15 bits per heavy atom. The van der Waals surface area contributed by atoms with Crippen LogP contribution in [0.15, 0.2) is 53.4 Å². The third-order valence-electron chi connectivity index (χ3n) is 3.95. The average molecular weight is 395 g/mol. The molecule has 0 saturated carbocycles. The topological polar surface area (TPSA) is 75.3 Å². The number of benzene rings is 2. The van der Waals surface area contributed by atoms with Crippen LogP contribution in [0.2, 0.25) is 5.02 Å². The molecule has 7 heteroatoms. The number of carbonyl (C=O) groups is 1. The fourth-order valence-corrected chi connectivity index (χ4v) is 4.01. The number of hydrogen-bond acceptors (Lipinski definition) is 3. The molecular weight excluding hydrogens is 372 g/mol. The Balaban J connectivity index is 2.19. The normalized spacial score (nSPS) is 12.6. The number of halogens is 1. The summed E-state index contributed by atoms with van der Waals surface area (Å²) < 4.78 is 27.3. The summed E-state index contributed by atoms with van der Waals surface area (Å²) >= 11 is 6.05. The highest BCUT2D eigenvalue weighted by atomic mass is 35.5. The molecule has 0 heterocycles. The van der Waals surface area contributed by atoms with Gasteiger partial charge in [0.05, 0.1) is 11.1 Å². The summed E-state index contributed by atoms with van der Waals surface area (Å²) in [7, 11) is -3.76. The molecule has 0 unspecified atom stereocenters. The molecule has 0 aliphatic heterocycles. The van der Waals surface area contributed by atoms with Crippen LogP contribution in [0, 0.1) is 0 Å². The van der Waals surface area contributed by atoms with Gasteiger partial charge in [-0.25, -0.2) is 13.1 Å². The Labute approximate surface area is 159 Å². The Kier molecular flexibility index (Phi) is 7.20. The molecule has 5 nitrogen and oxygen atoms in total. The molecular formula is C19H23ClN2O3S. The van der Waals surface area contributed by atoms with E-state index in [1.165, 1.54) is 18.2 Å². The van der Waals surface area contributed by atoms with Crippen molar-refractivity contribution in [2.24, 2.45) is 0 Å². The van der Waals surface area contributed by atoms with Crippen molar-refractivity contribution in [2.45, 2.75) is 37.6 Å². The minimum absolute atomic E-state index is 0.0849. The highest BCUT2D eigenvalue weighted by Gasteiger charge is 2.20. The van der Waals surface area contributed by atoms with E-state index >= 15 is 0 Å². The Morgan fingerprint density at radius 3 is 2.50 bits per heavy atom. The van der Waals surface area contributed by atoms with Crippen LogP contribution in [0.3, 0.4) is 0 Å². The van der Waals surface area contributed by atoms with E-state index in [2.05, 4.69) is 10.0 Å². The molecule has 0 aromatic heterocycles. The van der Waals surface area contributed by atoms with Crippen molar-refractivity contribution in [2.75, 3.05) is 6.54 Å². The summed E-state index contributed by atoms with van der Waals surface area (Å²) in [6.45, 7) is 4.17. The SMILES string of the molecule is CCCCNS(=O)(=O)c1cc(C(=O)N[C@H](C)c2ccccc2)ccc1Cl. The zero-order chi connectivity index (χ0) is 19.2. The van der Waals surface area contributed by atoms with Crippen LogP contribution in [-0.2, 0) is 10.0 Å². The molecule has 0 fully saturated rings. The quantitative estimate of drug-likeness (QED) is 0.666. The second kappa shape index (κ2) is 9.16. The highest BCUT2D eigenvalue weighted by molar-refractivity contribution is 7.89. The lowest BCUT2D eigenvalue weighted by Gasteiger charge is -2.15. The van der Waals surface area contributed by atoms with Gasteiger partial charge < -0.3 is 5.32 Å². The molecule has 140 valence electrons. The molecule has 0 aliphatic rings. The van der Waals surface area contributed by atoms with E-state index in [-0.39, 0.29) is 27.4 Å². The molecule has 0 aliphatic carbocycles. The lowest BCUT2D eigenvalue weighted by atomic mass is 10.1. The molecule has 0 spiro atoms. The second-order valence-electron chi connectivity index (χ2n) is 6.00. The molecule has 0 radical (unpaired) electrons. The fraction of sp³-hybridized carbons (Fsp3) is 0.316. The summed E-state index contributed by atoms with van der Waals surface area (Å²) in [5.41, 5.74) is 1.21. The first kappa shape index (κ1) is 20.4. The molecule has 0 saturated heterocycles. The van der Waals surface area contributed by atoms with Gasteiger partial charge in [-0.15, -0.1) is 0 Å². The van der Waals surface area contributed by atoms with Crippen LogP contribution in [0.25, 0.3) is 0 Å². The van der Waals surface area contributed by atoms with E-state index < -0.39 is 10.0 Å². The Morgan fingerprint density at radius 2 is 1.85 bits per heavy atom. The summed E-state index contributed by atoms with van der Waals surface area (Å²) in [6.07, 6.45) is 1.60. The van der Waals surface area contributed by atoms with Crippen LogP contribution < -0.4 is 10.0 Å². The molecule has 2 aromatic carbocycles. The van der Waals surface area contributed by atoms with Gasteiger partial charge in [-0.3, -0.25) is 4.79 Å². The predicted molar refractivity (Wildman–Crippen MR) is 104 cm³/mol. The van der Waals surface area contributed by atoms with Crippen molar-refractivity contribution in [3.05, 3.63) is 64.7 Å². The zero-order valence-electron chi connectivity index (χ0n) is 14.8. The fourth-order valence-electron chi connectivity index (χ4n) is 2.42. The number of carbonyl (C=O) groups excluding carboxylic acids is 1. The minimum atomic E-state index is -3.76. The number of unbranched alkanes of at least 4 members (excludes halogenated alkanes) is 1. The number of nitrogens with one attached hydrogen (secondary N) is 2. The van der Waals surface area contributed by atoms with E-state index in [9.17, 15) is 13.2 Å². The molecule has 0 bridgehead atoms. The maximum atomic E-state index is 12.5. The molecule has 2 rings (SSSR count). The molecule has 2 N–H and O–H groups in total. The van der Waals surface area contributed by atoms with Gasteiger partial charge in [0.1, 0.15) is 4.90 Å². The second-order valence-corrected chi connectivity index (χ2v) is 8.14. The first-order valence-corrected chi connectivity index (χ1v) is 10.4. The smallest absolute Gasteiger partial charge is 0.251 e. The van der Waals surface area contributed by atoms with E-state index in [0.717, 1.165) is 18.4 Å². The van der Waals surface area contributed by atoms with Gasteiger partial charge in [-0.2, -0.15) is 0 Å². The molecule has 1 atom stereocenters. The van der Waals surface area contributed by atoms with Gasteiger partial charge in [-0.1, -0.05) is 55.3 Å². The van der Waals surface area contributed by atoms with Crippen LogP contribution >= 0.6 is 11.6 Å². The van der Waals surface area contributed by atoms with Crippen molar-refractivity contribution in [3.8, 4) is 0 Å². The van der Waals surface area contributed by atoms with Crippen molar-refractivity contribution >= 4 is 27.5 Å². The monoisotopic (exact) mass is 394 g/mol. The summed E-state index contributed by atoms with van der Waals surface area (Å²) in [6, 6.07) is 13.6. The van der Waals surface area contributed by atoms with Crippen molar-refractivity contribution < 1.29 is 13.2 Å². The minimum Gasteiger partial charge on any atom is -0.346 e. The van der Waals surface area contributed by atoms with Crippen molar-refractivity contribution in [1.82, 2.24) is 10.0 Å². The molecule has 26 heavy (non-hydrogen) atoms. The third kappa shape index (κ3) is 5.30. The number of sulfonamides is 1. The largest absolute Gasteiger partial charge is 0.346 e. The number of rotatable bonds is 8. The average Bonchev–Trinajstić information content (AvgIpc) is 2.62. The Hall–Kier alpha value is -1.89. The van der Waals surface area contributed by atoms with Crippen LogP contribution in [-0.4, -0.2) is 20.9 Å². The van der Waals surface area contributed by atoms with Crippen molar-refractivity contribution in [3.63, 3.8) is 0 Å². The lowest BCUT2D eigenvalue weighted by molar-refractivity contribution is 0.0939. The Bertz CT molecular complexity index is 854. The van der Waals surface area contributed by atoms with E-state index in [1.54, 1.807) is 0 Å². The maximum absolute atomic E-state index is 12.5. The van der Waals surface area contributed by atoms with Gasteiger partial charge in [0.15, 0.2) is 0 Å². The van der Waals surface area contributed by atoms with Gasteiger partial charge in [0, 0.05) is 12.1 Å². The highest BCUT2D eigenvalue weighted by Crippen LogP contribution is 2.23. The van der Waals surface area contributed by atoms with Gasteiger partial charge in [-0.05, 0) is 37.1 Å². The lowest BCUT2D eigenvalue weighted by Crippen LogP contribution is -2.28. The maximum Gasteiger partial charge on any atom is 0.251 e. The summed E-state index contributed by atoms with van der Waals surface area (Å²) in [5.74, 6) is -0.358. The number of amides is 1. The molecule has 2 aromatic rings. The van der Waals surface area contributed by atoms with Gasteiger partial charge in [0.25, 0.3) is 5.91 Å². The van der Waals surface area contributed by atoms with E-state index in [0.29, 0.717) is 6.54 Å². The first-order chi connectivity index (χ1) is 12.3. The number of hydrogen-bond donors (Lipinski definition) is 2. The zero-order valence-corrected chi connectivity index (χ0v) is 16.4. The van der Waals surface area contributed by atoms with Gasteiger partial charge in [0.2, 0.25) is 10.0 Å². The van der Waals surface area contributed by atoms with Gasteiger partial charge >= 0.3 is 0 Å². The van der Waals surface area contributed by atoms with E-state index in [4.69, 9.17) is 11.6 Å². The predicted octanol–water partition coefficient (Wildman–Crippen LogP) is 3.91. The van der Waals surface area contributed by atoms with Crippen molar-refractivity contribution in [1.29, 1.82) is 0 Å².